The van der Waals surface area contributed by atoms with Gasteiger partial charge in [0.05, 0.1) is 12.7 Å². The van der Waals surface area contributed by atoms with Crippen LogP contribution in [-0.2, 0) is 4.74 Å². The molecule has 0 spiro atoms. The fourth-order valence-corrected chi connectivity index (χ4v) is 3.82. The summed E-state index contributed by atoms with van der Waals surface area (Å²) >= 11 is 0. The molecule has 2 N–H and O–H groups in total. The Balaban J connectivity index is 1.39. The van der Waals surface area contributed by atoms with Crippen LogP contribution in [0.1, 0.15) is 28.9 Å². The van der Waals surface area contributed by atoms with E-state index in [0.717, 1.165) is 30.7 Å². The number of nitrogens with zero attached hydrogens (tertiary/aromatic N) is 3. The highest BCUT2D eigenvalue weighted by Crippen LogP contribution is 2.24. The number of fused-ring (bicyclic) bond motifs is 2. The molecular weight excluding hydrogens is 320 g/mol. The van der Waals surface area contributed by atoms with Gasteiger partial charge in [-0.25, -0.2) is 4.98 Å². The third-order valence-corrected chi connectivity index (χ3v) is 5.12. The summed E-state index contributed by atoms with van der Waals surface area (Å²) in [5.74, 6) is -0.126. The van der Waals surface area contributed by atoms with Gasteiger partial charge in [0.1, 0.15) is 11.3 Å². The minimum atomic E-state index is -0.126. The highest BCUT2D eigenvalue weighted by molar-refractivity contribution is 5.93. The van der Waals surface area contributed by atoms with Crippen molar-refractivity contribution in [1.82, 2.24) is 19.6 Å². The topological polar surface area (TPSA) is 79.1 Å². The van der Waals surface area contributed by atoms with Gasteiger partial charge in [-0.2, -0.15) is 0 Å². The van der Waals surface area contributed by atoms with Crippen LogP contribution in [0.2, 0.25) is 0 Å². The van der Waals surface area contributed by atoms with E-state index in [-0.39, 0.29) is 24.7 Å². The number of hydrogen-bond donors (Lipinski definition) is 2. The Morgan fingerprint density at radius 3 is 3.20 bits per heavy atom. The number of aromatic nitrogens is 2. The lowest BCUT2D eigenvalue weighted by atomic mass is 10.1. The van der Waals surface area contributed by atoms with Crippen molar-refractivity contribution in [3.8, 4) is 0 Å². The van der Waals surface area contributed by atoms with E-state index in [9.17, 15) is 4.79 Å². The summed E-state index contributed by atoms with van der Waals surface area (Å²) < 4.78 is 7.66. The molecule has 0 saturated carbocycles. The Bertz CT molecular complexity index is 775. The van der Waals surface area contributed by atoms with Gasteiger partial charge in [0, 0.05) is 44.2 Å². The van der Waals surface area contributed by atoms with E-state index in [1.807, 2.05) is 29.7 Å². The Morgan fingerprint density at radius 1 is 1.48 bits per heavy atom. The van der Waals surface area contributed by atoms with Crippen LogP contribution in [0.4, 0.5) is 0 Å². The molecule has 1 amide bonds. The Morgan fingerprint density at radius 2 is 2.36 bits per heavy atom. The van der Waals surface area contributed by atoms with Crippen LogP contribution in [0, 0.1) is 6.92 Å². The van der Waals surface area contributed by atoms with Crippen molar-refractivity contribution >= 4 is 11.6 Å². The van der Waals surface area contributed by atoms with Crippen LogP contribution in [0.25, 0.3) is 5.65 Å². The van der Waals surface area contributed by atoms with Crippen LogP contribution in [0.5, 0.6) is 0 Å². The number of amides is 1. The highest BCUT2D eigenvalue weighted by atomic mass is 16.5. The first kappa shape index (κ1) is 16.5. The van der Waals surface area contributed by atoms with E-state index < -0.39 is 0 Å². The Labute approximate surface area is 146 Å². The Hall–Kier alpha value is -1.96. The van der Waals surface area contributed by atoms with E-state index in [0.29, 0.717) is 24.8 Å². The van der Waals surface area contributed by atoms with Crippen LogP contribution < -0.4 is 5.32 Å². The number of morpholine rings is 1. The fraction of sp³-hybridized carbons (Fsp3) is 0.556. The molecule has 3 atom stereocenters. The minimum absolute atomic E-state index is 0.0948. The third-order valence-electron chi connectivity index (χ3n) is 5.12. The highest BCUT2D eigenvalue weighted by Gasteiger charge is 2.37. The van der Waals surface area contributed by atoms with E-state index in [1.54, 1.807) is 6.20 Å². The van der Waals surface area contributed by atoms with E-state index in [1.165, 1.54) is 0 Å². The Kier molecular flexibility index (Phi) is 4.45. The molecule has 7 nitrogen and oxygen atoms in total. The zero-order valence-electron chi connectivity index (χ0n) is 14.4. The number of carbonyl (C=O) groups excluding carboxylic acids is 1. The van der Waals surface area contributed by atoms with Gasteiger partial charge in [-0.1, -0.05) is 0 Å². The first-order valence-electron chi connectivity index (χ1n) is 8.85. The molecule has 4 rings (SSSR count). The second-order valence-electron chi connectivity index (χ2n) is 7.08. The zero-order chi connectivity index (χ0) is 17.4. The fourth-order valence-electron chi connectivity index (χ4n) is 3.82. The zero-order valence-corrected chi connectivity index (χ0v) is 14.4. The van der Waals surface area contributed by atoms with Crippen molar-refractivity contribution in [2.24, 2.45) is 0 Å². The van der Waals surface area contributed by atoms with E-state index in [4.69, 9.17) is 9.84 Å². The molecule has 0 bridgehead atoms. The number of rotatable bonds is 4. The van der Waals surface area contributed by atoms with Crippen molar-refractivity contribution in [3.63, 3.8) is 0 Å². The van der Waals surface area contributed by atoms with Gasteiger partial charge in [-0.15, -0.1) is 0 Å². The average molecular weight is 344 g/mol. The molecule has 0 radical (unpaired) electrons. The van der Waals surface area contributed by atoms with Gasteiger partial charge in [-0.3, -0.25) is 9.69 Å². The number of imidazole rings is 1. The number of hydrogen-bond acceptors (Lipinski definition) is 5. The second kappa shape index (κ2) is 6.74. The SMILES string of the molecule is Cc1ccn2cc(C(=O)N[C@H]3C[C@H]4CO[C@@H](CCO)CN4C3)nc2c1. The molecule has 2 aromatic heterocycles. The summed E-state index contributed by atoms with van der Waals surface area (Å²) in [6.45, 7) is 4.48. The van der Waals surface area contributed by atoms with Gasteiger partial charge < -0.3 is 19.6 Å². The van der Waals surface area contributed by atoms with Crippen molar-refractivity contribution in [2.75, 3.05) is 26.3 Å². The first-order valence-corrected chi connectivity index (χ1v) is 8.85. The van der Waals surface area contributed by atoms with Gasteiger partial charge in [-0.05, 0) is 37.5 Å². The summed E-state index contributed by atoms with van der Waals surface area (Å²) in [6.07, 6.45) is 5.35. The molecule has 2 aromatic rings. The van der Waals surface area contributed by atoms with Crippen LogP contribution in [0.15, 0.2) is 24.5 Å². The number of nitrogens with one attached hydrogen (secondary N) is 1. The van der Waals surface area contributed by atoms with Gasteiger partial charge in [0.2, 0.25) is 0 Å². The number of aliphatic hydroxyl groups is 1. The molecule has 0 aliphatic carbocycles. The summed E-state index contributed by atoms with van der Waals surface area (Å²) in [4.78, 5) is 19.3. The predicted molar refractivity (Wildman–Crippen MR) is 92.6 cm³/mol. The van der Waals surface area contributed by atoms with E-state index >= 15 is 0 Å². The molecule has 0 unspecified atom stereocenters. The quantitative estimate of drug-likeness (QED) is 0.849. The first-order chi connectivity index (χ1) is 12.1. The largest absolute Gasteiger partial charge is 0.396 e. The van der Waals surface area contributed by atoms with E-state index in [2.05, 4.69) is 15.2 Å². The summed E-state index contributed by atoms with van der Waals surface area (Å²) in [5.41, 5.74) is 2.36. The summed E-state index contributed by atoms with van der Waals surface area (Å²) in [7, 11) is 0. The molecular formula is C18H24N4O3. The van der Waals surface area contributed by atoms with Gasteiger partial charge >= 0.3 is 0 Å². The second-order valence-corrected chi connectivity index (χ2v) is 7.08. The average Bonchev–Trinajstić information content (AvgIpc) is 3.17. The van der Waals surface area contributed by atoms with Crippen LogP contribution >= 0.6 is 0 Å². The lowest BCUT2D eigenvalue weighted by Crippen LogP contribution is -2.46. The maximum absolute atomic E-state index is 12.6. The smallest absolute Gasteiger partial charge is 0.271 e. The number of carbonyl (C=O) groups is 1. The summed E-state index contributed by atoms with van der Waals surface area (Å²) in [6, 6.07) is 4.42. The molecule has 25 heavy (non-hydrogen) atoms. The van der Waals surface area contributed by atoms with Crippen LogP contribution in [-0.4, -0.2) is 69.8 Å². The normalized spacial score (nSPS) is 26.7. The minimum Gasteiger partial charge on any atom is -0.396 e. The number of ether oxygens (including phenoxy) is 1. The molecule has 2 aliphatic heterocycles. The predicted octanol–water partition coefficient (Wildman–Crippen LogP) is 0.597. The number of pyridine rings is 1. The molecule has 4 heterocycles. The molecule has 2 aliphatic rings. The maximum Gasteiger partial charge on any atom is 0.271 e. The number of aliphatic hydroxyl groups excluding tert-OH is 1. The van der Waals surface area contributed by atoms with Gasteiger partial charge in [0.15, 0.2) is 0 Å². The molecule has 2 fully saturated rings. The lowest BCUT2D eigenvalue weighted by Gasteiger charge is -2.34. The monoisotopic (exact) mass is 344 g/mol. The van der Waals surface area contributed by atoms with Crippen molar-refractivity contribution < 1.29 is 14.6 Å². The number of aryl methyl sites for hydroxylation is 1. The molecule has 134 valence electrons. The van der Waals surface area contributed by atoms with Gasteiger partial charge in [0.25, 0.3) is 5.91 Å². The molecule has 7 heteroatoms. The van der Waals surface area contributed by atoms with Crippen LogP contribution in [0.3, 0.4) is 0 Å². The summed E-state index contributed by atoms with van der Waals surface area (Å²) in [5, 5.41) is 12.2. The molecule has 2 saturated heterocycles. The molecule has 0 aromatic carbocycles. The van der Waals surface area contributed by atoms with Crippen molar-refractivity contribution in [1.29, 1.82) is 0 Å². The maximum atomic E-state index is 12.6. The van der Waals surface area contributed by atoms with Crippen molar-refractivity contribution in [2.45, 2.75) is 38.0 Å². The third kappa shape index (κ3) is 3.40. The lowest BCUT2D eigenvalue weighted by molar-refractivity contribution is -0.0566. The standard InChI is InChI=1S/C18H24N4O3/c1-12-2-4-21-10-16(20-17(21)6-12)18(24)19-13-7-14-11-25-15(3-5-23)9-22(14)8-13/h2,4,6,10,13-15,23H,3,5,7-9,11H2,1H3,(H,19,24)/t13-,14-,15-/m0/s1. The van der Waals surface area contributed by atoms with Crippen molar-refractivity contribution in [3.05, 3.63) is 35.8 Å².